The van der Waals surface area contributed by atoms with E-state index in [1.807, 2.05) is 0 Å². The van der Waals surface area contributed by atoms with E-state index in [0.29, 0.717) is 11.3 Å². The minimum absolute atomic E-state index is 0.0324. The van der Waals surface area contributed by atoms with E-state index < -0.39 is 11.5 Å². The van der Waals surface area contributed by atoms with Crippen molar-refractivity contribution < 1.29 is 15.3 Å². The van der Waals surface area contributed by atoms with Gasteiger partial charge in [-0.15, -0.1) is 0 Å². The zero-order valence-electron chi connectivity index (χ0n) is 14.8. The summed E-state index contributed by atoms with van der Waals surface area (Å²) in [6.45, 7) is 6.97. The van der Waals surface area contributed by atoms with Crippen LogP contribution in [0.15, 0.2) is 0 Å². The Kier molecular flexibility index (Phi) is 2.63. The van der Waals surface area contributed by atoms with Gasteiger partial charge in [-0.25, -0.2) is 0 Å². The fourth-order valence-electron chi connectivity index (χ4n) is 8.76. The Labute approximate surface area is 139 Å². The minimum atomic E-state index is -0.455. The van der Waals surface area contributed by atoms with Gasteiger partial charge < -0.3 is 15.3 Å². The van der Waals surface area contributed by atoms with Gasteiger partial charge in [0.05, 0.1) is 18.8 Å². The summed E-state index contributed by atoms with van der Waals surface area (Å²) < 4.78 is 0. The van der Waals surface area contributed by atoms with Gasteiger partial charge in [0, 0.05) is 10.8 Å². The first-order valence-corrected chi connectivity index (χ1v) is 9.69. The van der Waals surface area contributed by atoms with Gasteiger partial charge in [0.1, 0.15) is 0 Å². The maximum absolute atomic E-state index is 11.2. The molecule has 6 rings (SSSR count). The summed E-state index contributed by atoms with van der Waals surface area (Å²) in [4.78, 5) is 0. The molecule has 0 aromatic heterocycles. The smallest absolute Gasteiger partial charge is 0.0618 e. The predicted molar refractivity (Wildman–Crippen MR) is 87.5 cm³/mol. The number of hydrogen-bond donors (Lipinski definition) is 3. The lowest BCUT2D eigenvalue weighted by Crippen LogP contribution is -2.65. The molecule has 0 aromatic rings. The summed E-state index contributed by atoms with van der Waals surface area (Å²) in [6, 6.07) is 0. The van der Waals surface area contributed by atoms with Crippen LogP contribution in [-0.2, 0) is 0 Å². The molecule has 3 heteroatoms. The van der Waals surface area contributed by atoms with Crippen LogP contribution in [0.25, 0.3) is 0 Å². The van der Waals surface area contributed by atoms with Crippen LogP contribution in [-0.4, -0.2) is 34.1 Å². The standard InChI is InChI=1S/C20H32O3/c1-17-5-4-15(22)19(3,10-21)13(17)7-16(23)20-8-12-11(6-14(17)20)18(12,2)9-20/h11-16,21-23H,4-10H2,1-3H3/t11-,12+,13+,14+,15-,16+,17-,18-,19-,20-/m1/s1. The van der Waals surface area contributed by atoms with E-state index in [1.54, 1.807) is 0 Å². The molecule has 1 spiro atoms. The van der Waals surface area contributed by atoms with Crippen molar-refractivity contribution in [3.05, 3.63) is 0 Å². The zero-order chi connectivity index (χ0) is 16.4. The van der Waals surface area contributed by atoms with Crippen molar-refractivity contribution in [2.24, 2.45) is 45.3 Å². The van der Waals surface area contributed by atoms with Crippen molar-refractivity contribution >= 4 is 0 Å². The summed E-state index contributed by atoms with van der Waals surface area (Å²) in [7, 11) is 0. The molecule has 130 valence electrons. The highest BCUT2D eigenvalue weighted by atomic mass is 16.3. The third-order valence-corrected chi connectivity index (χ3v) is 10.1. The first-order chi connectivity index (χ1) is 10.7. The highest BCUT2D eigenvalue weighted by Crippen LogP contribution is 2.85. The van der Waals surface area contributed by atoms with Crippen molar-refractivity contribution in [1.29, 1.82) is 0 Å². The lowest BCUT2D eigenvalue weighted by molar-refractivity contribution is -0.240. The van der Waals surface area contributed by atoms with Gasteiger partial charge in [0.2, 0.25) is 0 Å². The monoisotopic (exact) mass is 320 g/mol. The van der Waals surface area contributed by atoms with E-state index in [0.717, 1.165) is 31.1 Å². The summed E-state index contributed by atoms with van der Waals surface area (Å²) in [6.07, 6.45) is 5.70. The Morgan fingerprint density at radius 2 is 1.65 bits per heavy atom. The topological polar surface area (TPSA) is 60.7 Å². The molecule has 0 aliphatic heterocycles. The Hall–Kier alpha value is -0.120. The van der Waals surface area contributed by atoms with Gasteiger partial charge in [0.25, 0.3) is 0 Å². The van der Waals surface area contributed by atoms with Crippen LogP contribution in [0.4, 0.5) is 0 Å². The van der Waals surface area contributed by atoms with Gasteiger partial charge in [-0.3, -0.25) is 0 Å². The fraction of sp³-hybridized carbons (Fsp3) is 1.00. The van der Waals surface area contributed by atoms with Crippen molar-refractivity contribution in [2.75, 3.05) is 6.61 Å². The van der Waals surface area contributed by atoms with E-state index >= 15 is 0 Å². The van der Waals surface area contributed by atoms with Crippen molar-refractivity contribution in [2.45, 2.75) is 71.5 Å². The highest BCUT2D eigenvalue weighted by Gasteiger charge is 2.80. The number of aliphatic hydroxyl groups excluding tert-OH is 3. The summed E-state index contributed by atoms with van der Waals surface area (Å²) in [5, 5.41) is 31.9. The van der Waals surface area contributed by atoms with E-state index in [-0.39, 0.29) is 29.5 Å². The number of aliphatic hydroxyl groups is 3. The van der Waals surface area contributed by atoms with E-state index in [9.17, 15) is 15.3 Å². The minimum Gasteiger partial charge on any atom is -0.396 e. The maximum atomic E-state index is 11.2. The molecule has 0 saturated heterocycles. The van der Waals surface area contributed by atoms with Crippen molar-refractivity contribution in [1.82, 2.24) is 0 Å². The average Bonchev–Trinajstić information content (AvgIpc) is 2.97. The van der Waals surface area contributed by atoms with Crippen molar-refractivity contribution in [3.63, 3.8) is 0 Å². The maximum Gasteiger partial charge on any atom is 0.0618 e. The number of hydrogen-bond acceptors (Lipinski definition) is 3. The van der Waals surface area contributed by atoms with Crippen LogP contribution >= 0.6 is 0 Å². The highest BCUT2D eigenvalue weighted by molar-refractivity contribution is 5.28. The quantitative estimate of drug-likeness (QED) is 0.696. The van der Waals surface area contributed by atoms with Crippen LogP contribution in [0.1, 0.15) is 59.3 Å². The molecule has 6 fully saturated rings. The summed E-state index contributed by atoms with van der Waals surface area (Å²) >= 11 is 0. The van der Waals surface area contributed by atoms with Crippen LogP contribution < -0.4 is 0 Å². The molecule has 3 nitrogen and oxygen atoms in total. The van der Waals surface area contributed by atoms with Gasteiger partial charge >= 0.3 is 0 Å². The van der Waals surface area contributed by atoms with E-state index in [4.69, 9.17) is 0 Å². The van der Waals surface area contributed by atoms with Crippen LogP contribution in [0.3, 0.4) is 0 Å². The molecule has 0 aromatic carbocycles. The Morgan fingerprint density at radius 1 is 0.913 bits per heavy atom. The molecule has 23 heavy (non-hydrogen) atoms. The molecular weight excluding hydrogens is 288 g/mol. The van der Waals surface area contributed by atoms with Gasteiger partial charge in [0.15, 0.2) is 0 Å². The van der Waals surface area contributed by atoms with Gasteiger partial charge in [-0.05, 0) is 73.0 Å². The second-order valence-electron chi connectivity index (χ2n) is 10.6. The molecule has 3 N–H and O–H groups in total. The second kappa shape index (κ2) is 3.99. The van der Waals surface area contributed by atoms with Gasteiger partial charge in [-0.2, -0.15) is 0 Å². The first kappa shape index (κ1) is 15.2. The molecule has 10 atom stereocenters. The number of fused-ring (bicyclic) bond motifs is 1. The van der Waals surface area contributed by atoms with E-state index in [2.05, 4.69) is 20.8 Å². The SMILES string of the molecule is C[C@@]1(CO)[C@H]2C[C@H](O)[C@@]34C[C@H]5[C@@H](C[C@H]3[C@]2(C)CC[C@H]1O)[C@@]5(C)C4. The third kappa shape index (κ3) is 1.43. The molecule has 6 aliphatic carbocycles. The molecule has 0 unspecified atom stereocenters. The molecule has 0 heterocycles. The second-order valence-corrected chi connectivity index (χ2v) is 10.6. The molecular formula is C20H32O3. The lowest BCUT2D eigenvalue weighted by atomic mass is 9.38. The Morgan fingerprint density at radius 3 is 2.26 bits per heavy atom. The Balaban J connectivity index is 1.59. The summed E-state index contributed by atoms with van der Waals surface area (Å²) in [5.41, 5.74) is 0.376. The van der Waals surface area contributed by atoms with Crippen molar-refractivity contribution in [3.8, 4) is 0 Å². The lowest BCUT2D eigenvalue weighted by Gasteiger charge is -2.67. The normalized spacial score (nSPS) is 69.1. The average molecular weight is 320 g/mol. The zero-order valence-corrected chi connectivity index (χ0v) is 14.8. The fourth-order valence-corrected chi connectivity index (χ4v) is 8.76. The van der Waals surface area contributed by atoms with E-state index in [1.165, 1.54) is 19.3 Å². The predicted octanol–water partition coefficient (Wildman–Crippen LogP) is 2.58. The van der Waals surface area contributed by atoms with Crippen LogP contribution in [0, 0.1) is 45.3 Å². The molecule has 0 amide bonds. The first-order valence-electron chi connectivity index (χ1n) is 9.69. The largest absolute Gasteiger partial charge is 0.396 e. The summed E-state index contributed by atoms with van der Waals surface area (Å²) in [5.74, 6) is 2.56. The molecule has 4 bridgehead atoms. The molecule has 6 aliphatic rings. The molecule has 0 radical (unpaired) electrons. The Bertz CT molecular complexity index is 563. The molecule has 6 saturated carbocycles. The van der Waals surface area contributed by atoms with Crippen LogP contribution in [0.5, 0.6) is 0 Å². The van der Waals surface area contributed by atoms with Gasteiger partial charge in [-0.1, -0.05) is 20.8 Å². The van der Waals surface area contributed by atoms with Crippen LogP contribution in [0.2, 0.25) is 0 Å². The third-order valence-electron chi connectivity index (χ3n) is 10.1. The number of rotatable bonds is 1.